The lowest BCUT2D eigenvalue weighted by Crippen LogP contribution is -2.51. The number of nitrogens with two attached hydrogens (primary N) is 1. The third-order valence-electron chi connectivity index (χ3n) is 9.81. The summed E-state index contributed by atoms with van der Waals surface area (Å²) in [6, 6.07) is 8.90. The van der Waals surface area contributed by atoms with Gasteiger partial charge in [0.1, 0.15) is 36.3 Å². The van der Waals surface area contributed by atoms with E-state index in [0.717, 1.165) is 17.2 Å². The van der Waals surface area contributed by atoms with Crippen molar-refractivity contribution < 1.29 is 85.3 Å². The Bertz CT molecular complexity index is 2300. The number of aliphatic hydroxyl groups is 2. The number of phosphoric acid groups is 3. The molecule has 10 N–H and O–H groups in total. The fourth-order valence-electron chi connectivity index (χ4n) is 6.38. The summed E-state index contributed by atoms with van der Waals surface area (Å²) in [6.45, 7) is 2.15. The highest BCUT2D eigenvalue weighted by atomic mass is 32.2. The SMILES string of the molecule is CC(C)(COP(=O)(O)OP(=O)(O)OC[C@H]1O[C@@H](n2cnc3c(N)ncnc32)[C@H](O)[C@@H]1OP(=O)(O)O)[C@@H](O)C(=O)NCCC(=O)NCCSCC(=O)N1CCN(C(=O)c2ccccc2)CC1. The first-order chi connectivity index (χ1) is 30.5. The van der Waals surface area contributed by atoms with Gasteiger partial charge in [-0.3, -0.25) is 37.3 Å². The average molecular weight is 998 g/mol. The van der Waals surface area contributed by atoms with E-state index in [1.54, 1.807) is 34.1 Å². The van der Waals surface area contributed by atoms with Crippen LogP contribution in [-0.2, 0) is 50.7 Å². The van der Waals surface area contributed by atoms with Gasteiger partial charge in [0.25, 0.3) is 5.91 Å². The number of ether oxygens (including phenoxy) is 1. The van der Waals surface area contributed by atoms with Gasteiger partial charge in [-0.15, -0.1) is 0 Å². The van der Waals surface area contributed by atoms with Crippen LogP contribution in [0.1, 0.15) is 36.9 Å². The van der Waals surface area contributed by atoms with Crippen LogP contribution in [0, 0.1) is 5.41 Å². The number of thioether (sulfide) groups is 1. The Morgan fingerprint density at radius 2 is 1.62 bits per heavy atom. The molecule has 4 heterocycles. The maximum Gasteiger partial charge on any atom is 0.481 e. The zero-order chi connectivity index (χ0) is 47.7. The smallest absolute Gasteiger partial charge is 0.386 e. The number of rotatable bonds is 22. The molecule has 2 saturated heterocycles. The molecule has 2 aromatic heterocycles. The Kier molecular flexibility index (Phi) is 17.8. The van der Waals surface area contributed by atoms with Crippen LogP contribution in [0.15, 0.2) is 43.0 Å². The molecule has 4 amide bonds. The third kappa shape index (κ3) is 14.8. The molecule has 65 heavy (non-hydrogen) atoms. The van der Waals surface area contributed by atoms with E-state index >= 15 is 0 Å². The zero-order valence-corrected chi connectivity index (χ0v) is 38.3. The Labute approximate surface area is 374 Å². The first-order valence-corrected chi connectivity index (χ1v) is 25.2. The number of amides is 4. The molecule has 27 nitrogen and oxygen atoms in total. The van der Waals surface area contributed by atoms with Crippen LogP contribution >= 0.6 is 35.2 Å². The molecule has 0 saturated carbocycles. The number of benzene rings is 1. The van der Waals surface area contributed by atoms with Crippen LogP contribution in [0.5, 0.6) is 0 Å². The number of nitrogens with zero attached hydrogens (tertiary/aromatic N) is 6. The van der Waals surface area contributed by atoms with Gasteiger partial charge in [-0.2, -0.15) is 16.1 Å². The number of nitrogen functional groups attached to an aromatic ring is 1. The minimum absolute atomic E-state index is 0.0253. The van der Waals surface area contributed by atoms with Gasteiger partial charge in [0, 0.05) is 62.4 Å². The van der Waals surface area contributed by atoms with E-state index in [-0.39, 0.29) is 54.1 Å². The zero-order valence-electron chi connectivity index (χ0n) is 34.8. The van der Waals surface area contributed by atoms with E-state index in [2.05, 4.69) is 34.4 Å². The topological polar surface area (TPSA) is 387 Å². The minimum atomic E-state index is -5.59. The van der Waals surface area contributed by atoms with Crippen molar-refractivity contribution in [2.24, 2.45) is 5.41 Å². The van der Waals surface area contributed by atoms with Gasteiger partial charge in [-0.25, -0.2) is 28.6 Å². The maximum absolute atomic E-state index is 12.7. The van der Waals surface area contributed by atoms with Crippen molar-refractivity contribution in [2.45, 2.75) is 50.9 Å². The molecule has 31 heteroatoms. The Hall–Kier alpha value is -3.95. The minimum Gasteiger partial charge on any atom is -0.386 e. The summed E-state index contributed by atoms with van der Waals surface area (Å²) < 4.78 is 62.4. The average Bonchev–Trinajstić information content (AvgIpc) is 3.81. The quantitative estimate of drug-likeness (QED) is 0.0436. The van der Waals surface area contributed by atoms with Crippen LogP contribution in [0.4, 0.5) is 5.82 Å². The van der Waals surface area contributed by atoms with Crippen LogP contribution in [0.3, 0.4) is 0 Å². The Morgan fingerprint density at radius 1 is 0.954 bits per heavy atom. The molecule has 0 spiro atoms. The standard InChI is InChI=1S/C34H50N9O18P3S/c1-34(2,28(47)31(48)37-9-8-23(44)36-10-15-65-17-24(45)41-11-13-42(14-12-41)32(49)21-6-4-3-5-7-21)18-58-64(55,56)61-63(53,54)57-16-22-27(60-62(50,51)52)26(46)33(59-22)43-20-40-25-29(35)38-19-39-30(25)43/h3-7,19-20,22,26-28,33,46-47H,8-18H2,1-2H3,(H,36,44)(H,37,48)(H,53,54)(H,55,56)(H2,35,38,39)(H2,50,51,52)/t22-,26-,27-,28+,33-/m1/s1. The monoisotopic (exact) mass is 997 g/mol. The largest absolute Gasteiger partial charge is 0.481 e. The van der Waals surface area contributed by atoms with Gasteiger partial charge in [-0.05, 0) is 12.1 Å². The van der Waals surface area contributed by atoms with Crippen molar-refractivity contribution in [1.82, 2.24) is 40.0 Å². The van der Waals surface area contributed by atoms with Gasteiger partial charge in [0.15, 0.2) is 17.7 Å². The predicted molar refractivity (Wildman–Crippen MR) is 226 cm³/mol. The van der Waals surface area contributed by atoms with E-state index < -0.39 is 84.6 Å². The molecule has 0 radical (unpaired) electrons. The van der Waals surface area contributed by atoms with Gasteiger partial charge in [0.2, 0.25) is 17.7 Å². The maximum atomic E-state index is 12.7. The Morgan fingerprint density at radius 3 is 2.29 bits per heavy atom. The number of hydrogen-bond acceptors (Lipinski definition) is 19. The molecule has 2 fully saturated rings. The molecule has 1 aromatic carbocycles. The first kappa shape index (κ1) is 52.0. The second-order valence-corrected chi connectivity index (χ2v) is 20.5. The number of fused-ring (bicyclic) bond motifs is 1. The Balaban J connectivity index is 0.985. The van der Waals surface area contributed by atoms with Crippen molar-refractivity contribution in [3.8, 4) is 0 Å². The molecule has 3 aromatic rings. The highest BCUT2D eigenvalue weighted by molar-refractivity contribution is 7.99. The van der Waals surface area contributed by atoms with Crippen molar-refractivity contribution in [3.05, 3.63) is 48.5 Å². The number of nitrogens with one attached hydrogen (secondary N) is 2. The number of carbonyl (C=O) groups is 4. The highest BCUT2D eigenvalue weighted by Gasteiger charge is 2.50. The fraction of sp³-hybridized carbons (Fsp3) is 0.559. The lowest BCUT2D eigenvalue weighted by molar-refractivity contribution is -0.137. The van der Waals surface area contributed by atoms with E-state index in [1.165, 1.54) is 25.6 Å². The van der Waals surface area contributed by atoms with Crippen LogP contribution in [-0.4, -0.2) is 171 Å². The van der Waals surface area contributed by atoms with E-state index in [1.807, 2.05) is 6.07 Å². The van der Waals surface area contributed by atoms with Crippen LogP contribution in [0.2, 0.25) is 0 Å². The molecule has 5 rings (SSSR count). The van der Waals surface area contributed by atoms with E-state index in [4.69, 9.17) is 19.5 Å². The van der Waals surface area contributed by atoms with Crippen molar-refractivity contribution in [3.63, 3.8) is 0 Å². The molecule has 2 aliphatic heterocycles. The number of aromatic nitrogens is 4. The number of carbonyl (C=O) groups excluding carboxylic acids is 4. The lowest BCUT2D eigenvalue weighted by Gasteiger charge is -2.34. The summed E-state index contributed by atoms with van der Waals surface area (Å²) in [4.78, 5) is 105. The van der Waals surface area contributed by atoms with Gasteiger partial charge < -0.3 is 60.7 Å². The molecule has 0 aliphatic carbocycles. The summed E-state index contributed by atoms with van der Waals surface area (Å²) in [7, 11) is -16.4. The predicted octanol–water partition coefficient (Wildman–Crippen LogP) is -0.877. The first-order valence-electron chi connectivity index (χ1n) is 19.6. The normalized spacial score (nSPS) is 21.7. The van der Waals surface area contributed by atoms with Crippen molar-refractivity contribution in [2.75, 3.05) is 69.7 Å². The fourth-order valence-corrected chi connectivity index (χ4v) is 9.95. The summed E-state index contributed by atoms with van der Waals surface area (Å²) in [6.07, 6.45) is -6.98. The second kappa shape index (κ2) is 22.2. The van der Waals surface area contributed by atoms with E-state index in [0.29, 0.717) is 37.5 Å². The molecule has 0 bridgehead atoms. The molecular formula is C34H50N9O18P3S. The number of phosphoric ester groups is 3. The van der Waals surface area contributed by atoms with Gasteiger partial charge >= 0.3 is 23.5 Å². The third-order valence-corrected chi connectivity index (χ3v) is 13.9. The van der Waals surface area contributed by atoms with Crippen molar-refractivity contribution in [1.29, 1.82) is 0 Å². The van der Waals surface area contributed by atoms with Crippen molar-refractivity contribution >= 4 is 75.8 Å². The molecule has 2 aliphatic rings. The van der Waals surface area contributed by atoms with Gasteiger partial charge in [0.05, 0.1) is 25.3 Å². The number of hydrogen-bond donors (Lipinski definition) is 9. The lowest BCUT2D eigenvalue weighted by atomic mass is 9.87. The number of aliphatic hydroxyl groups excluding tert-OH is 2. The molecule has 2 unspecified atom stereocenters. The summed E-state index contributed by atoms with van der Waals surface area (Å²) in [5, 5.41) is 26.6. The summed E-state index contributed by atoms with van der Waals surface area (Å²) >= 11 is 1.32. The summed E-state index contributed by atoms with van der Waals surface area (Å²) in [5.41, 5.74) is 4.83. The number of anilines is 1. The number of imidazole rings is 1. The highest BCUT2D eigenvalue weighted by Crippen LogP contribution is 2.61. The van der Waals surface area contributed by atoms with Gasteiger partial charge in [-0.1, -0.05) is 32.0 Å². The molecule has 7 atom stereocenters. The molecule has 360 valence electrons. The second-order valence-electron chi connectivity index (χ2n) is 15.2. The number of piperazine rings is 1. The van der Waals surface area contributed by atoms with E-state index in [9.17, 15) is 62.7 Å². The van der Waals surface area contributed by atoms with Crippen LogP contribution < -0.4 is 16.4 Å². The van der Waals surface area contributed by atoms with Crippen LogP contribution in [0.25, 0.3) is 11.2 Å². The molecular weight excluding hydrogens is 947 g/mol. The summed E-state index contributed by atoms with van der Waals surface area (Å²) in [5.74, 6) is -1.03.